The third kappa shape index (κ3) is 5.08. The minimum atomic E-state index is -0.0844. The fraction of sp³-hybridized carbons (Fsp3) is 0.292. The predicted molar refractivity (Wildman–Crippen MR) is 127 cm³/mol. The number of fused-ring (bicyclic) bond motifs is 1. The number of rotatable bonds is 9. The van der Waals surface area contributed by atoms with Crippen molar-refractivity contribution in [1.29, 1.82) is 0 Å². The molecule has 1 amide bonds. The van der Waals surface area contributed by atoms with Gasteiger partial charge in [-0.2, -0.15) is 9.78 Å². The van der Waals surface area contributed by atoms with E-state index >= 15 is 0 Å². The highest BCUT2D eigenvalue weighted by Crippen LogP contribution is 2.30. The SMILES string of the molecule is CCc1ccc(OCCCC(=O)Nc2cc(C)nn2-c2nc3ccc(OC)cc3s2)cc1. The van der Waals surface area contributed by atoms with Crippen molar-refractivity contribution in [3.05, 3.63) is 59.8 Å². The Morgan fingerprint density at radius 2 is 1.91 bits per heavy atom. The highest BCUT2D eigenvalue weighted by Gasteiger charge is 2.15. The molecule has 0 fully saturated rings. The zero-order chi connectivity index (χ0) is 22.5. The molecule has 2 heterocycles. The largest absolute Gasteiger partial charge is 0.497 e. The van der Waals surface area contributed by atoms with Crippen LogP contribution in [0.1, 0.15) is 31.0 Å². The number of nitrogens with one attached hydrogen (secondary N) is 1. The summed E-state index contributed by atoms with van der Waals surface area (Å²) in [6.07, 6.45) is 1.98. The van der Waals surface area contributed by atoms with Crippen molar-refractivity contribution in [3.63, 3.8) is 0 Å². The summed E-state index contributed by atoms with van der Waals surface area (Å²) < 4.78 is 13.7. The zero-order valence-electron chi connectivity index (χ0n) is 18.4. The van der Waals surface area contributed by atoms with E-state index in [2.05, 4.69) is 34.5 Å². The van der Waals surface area contributed by atoms with Crippen LogP contribution in [0.15, 0.2) is 48.5 Å². The summed E-state index contributed by atoms with van der Waals surface area (Å²) in [5.41, 5.74) is 2.94. The second-order valence-corrected chi connectivity index (χ2v) is 8.42. The number of amides is 1. The second-order valence-electron chi connectivity index (χ2n) is 7.41. The van der Waals surface area contributed by atoms with E-state index in [1.807, 2.05) is 43.3 Å². The molecule has 166 valence electrons. The molecule has 0 saturated heterocycles. The van der Waals surface area contributed by atoms with E-state index in [0.717, 1.165) is 33.8 Å². The maximum Gasteiger partial charge on any atom is 0.225 e. The smallest absolute Gasteiger partial charge is 0.225 e. The van der Waals surface area contributed by atoms with Crippen LogP contribution in [0.3, 0.4) is 0 Å². The molecule has 0 aliphatic rings. The van der Waals surface area contributed by atoms with Gasteiger partial charge in [-0.25, -0.2) is 4.98 Å². The Balaban J connectivity index is 1.36. The van der Waals surface area contributed by atoms with E-state index in [9.17, 15) is 4.79 Å². The van der Waals surface area contributed by atoms with Crippen LogP contribution in [0.2, 0.25) is 0 Å². The number of thiazole rings is 1. The topological polar surface area (TPSA) is 78.3 Å². The van der Waals surface area contributed by atoms with Gasteiger partial charge in [-0.15, -0.1) is 0 Å². The standard InChI is InChI=1S/C24H26N4O3S/c1-4-17-7-9-18(10-8-17)31-13-5-6-23(29)26-22-14-16(2)27-28(22)24-25-20-12-11-19(30-3)15-21(20)32-24/h7-12,14-15H,4-6,13H2,1-3H3,(H,26,29). The Labute approximate surface area is 191 Å². The minimum absolute atomic E-state index is 0.0844. The van der Waals surface area contributed by atoms with Crippen LogP contribution in [-0.2, 0) is 11.2 Å². The van der Waals surface area contributed by atoms with Crippen molar-refractivity contribution >= 4 is 33.3 Å². The number of hydrogen-bond acceptors (Lipinski definition) is 6. The Morgan fingerprint density at radius 3 is 2.66 bits per heavy atom. The molecule has 0 atom stereocenters. The Bertz CT molecular complexity index is 1210. The Morgan fingerprint density at radius 1 is 1.12 bits per heavy atom. The van der Waals surface area contributed by atoms with Gasteiger partial charge < -0.3 is 14.8 Å². The molecule has 2 aromatic carbocycles. The zero-order valence-corrected chi connectivity index (χ0v) is 19.2. The molecule has 0 bridgehead atoms. The van der Waals surface area contributed by atoms with Crippen LogP contribution in [0.5, 0.6) is 11.5 Å². The van der Waals surface area contributed by atoms with E-state index in [1.165, 1.54) is 16.9 Å². The molecule has 0 saturated carbocycles. The summed E-state index contributed by atoms with van der Waals surface area (Å²) in [5.74, 6) is 2.12. The number of carbonyl (C=O) groups is 1. The lowest BCUT2D eigenvalue weighted by Gasteiger charge is -2.08. The van der Waals surface area contributed by atoms with Gasteiger partial charge in [0.25, 0.3) is 0 Å². The number of ether oxygens (including phenoxy) is 2. The van der Waals surface area contributed by atoms with Gasteiger partial charge in [0.1, 0.15) is 17.3 Å². The normalized spacial score (nSPS) is 11.0. The van der Waals surface area contributed by atoms with Crippen LogP contribution < -0.4 is 14.8 Å². The number of hydrogen-bond donors (Lipinski definition) is 1. The summed E-state index contributed by atoms with van der Waals surface area (Å²) in [6, 6.07) is 15.6. The van der Waals surface area contributed by atoms with Crippen molar-refractivity contribution < 1.29 is 14.3 Å². The summed E-state index contributed by atoms with van der Waals surface area (Å²) in [6.45, 7) is 4.49. The Kier molecular flexibility index (Phi) is 6.70. The molecule has 2 aromatic heterocycles. The van der Waals surface area contributed by atoms with E-state index in [4.69, 9.17) is 9.47 Å². The summed E-state index contributed by atoms with van der Waals surface area (Å²) in [4.78, 5) is 17.2. The van der Waals surface area contributed by atoms with Gasteiger partial charge in [0.05, 0.1) is 29.6 Å². The summed E-state index contributed by atoms with van der Waals surface area (Å²) in [7, 11) is 1.64. The van der Waals surface area contributed by atoms with Crippen molar-refractivity contribution in [2.24, 2.45) is 0 Å². The van der Waals surface area contributed by atoms with Crippen molar-refractivity contribution in [2.75, 3.05) is 19.0 Å². The van der Waals surface area contributed by atoms with Gasteiger partial charge in [-0.3, -0.25) is 4.79 Å². The average molecular weight is 451 g/mol. The van der Waals surface area contributed by atoms with Crippen LogP contribution in [0.25, 0.3) is 15.3 Å². The molecular weight excluding hydrogens is 424 g/mol. The minimum Gasteiger partial charge on any atom is -0.497 e. The van der Waals surface area contributed by atoms with Gasteiger partial charge in [0.15, 0.2) is 0 Å². The van der Waals surface area contributed by atoms with Gasteiger partial charge in [-0.05, 0) is 55.7 Å². The molecule has 32 heavy (non-hydrogen) atoms. The molecular formula is C24H26N4O3S. The first-order valence-electron chi connectivity index (χ1n) is 10.6. The number of methoxy groups -OCH3 is 1. The molecule has 0 unspecified atom stereocenters. The monoisotopic (exact) mass is 450 g/mol. The highest BCUT2D eigenvalue weighted by atomic mass is 32.1. The number of aryl methyl sites for hydroxylation is 2. The van der Waals surface area contributed by atoms with Gasteiger partial charge in [0.2, 0.25) is 11.0 Å². The van der Waals surface area contributed by atoms with Crippen LogP contribution in [-0.4, -0.2) is 34.4 Å². The molecule has 4 aromatic rings. The van der Waals surface area contributed by atoms with Gasteiger partial charge >= 0.3 is 0 Å². The van der Waals surface area contributed by atoms with Crippen LogP contribution >= 0.6 is 11.3 Å². The molecule has 8 heteroatoms. The lowest BCUT2D eigenvalue weighted by molar-refractivity contribution is -0.116. The second kappa shape index (κ2) is 9.82. The molecule has 0 aliphatic heterocycles. The third-order valence-electron chi connectivity index (χ3n) is 5.01. The number of nitrogens with zero attached hydrogens (tertiary/aromatic N) is 3. The van der Waals surface area contributed by atoms with Crippen molar-refractivity contribution in [3.8, 4) is 16.6 Å². The average Bonchev–Trinajstić information content (AvgIpc) is 3.39. The van der Waals surface area contributed by atoms with E-state index in [1.54, 1.807) is 11.8 Å². The highest BCUT2D eigenvalue weighted by molar-refractivity contribution is 7.20. The van der Waals surface area contributed by atoms with E-state index in [0.29, 0.717) is 30.4 Å². The summed E-state index contributed by atoms with van der Waals surface area (Å²) in [5, 5.41) is 8.16. The molecule has 0 radical (unpaired) electrons. The fourth-order valence-electron chi connectivity index (χ4n) is 3.29. The first-order valence-corrected chi connectivity index (χ1v) is 11.4. The number of aromatic nitrogens is 3. The number of anilines is 1. The lowest BCUT2D eigenvalue weighted by atomic mass is 10.2. The molecule has 1 N–H and O–H groups in total. The van der Waals surface area contributed by atoms with E-state index < -0.39 is 0 Å². The first kappa shape index (κ1) is 21.8. The van der Waals surface area contributed by atoms with E-state index in [-0.39, 0.29) is 5.91 Å². The molecule has 0 spiro atoms. The van der Waals surface area contributed by atoms with Crippen molar-refractivity contribution in [2.45, 2.75) is 33.1 Å². The molecule has 0 aliphatic carbocycles. The quantitative estimate of drug-likeness (QED) is 0.357. The van der Waals surface area contributed by atoms with Gasteiger partial charge in [-0.1, -0.05) is 30.4 Å². The number of benzene rings is 2. The molecule has 7 nitrogen and oxygen atoms in total. The number of carbonyl (C=O) groups excluding carboxylic acids is 1. The Hall–Kier alpha value is -3.39. The van der Waals surface area contributed by atoms with Crippen LogP contribution in [0.4, 0.5) is 5.82 Å². The fourth-order valence-corrected chi connectivity index (χ4v) is 4.25. The maximum absolute atomic E-state index is 12.5. The third-order valence-corrected chi connectivity index (χ3v) is 6.01. The molecule has 4 rings (SSSR count). The van der Waals surface area contributed by atoms with Crippen molar-refractivity contribution in [1.82, 2.24) is 14.8 Å². The summed E-state index contributed by atoms with van der Waals surface area (Å²) >= 11 is 1.49. The first-order chi connectivity index (χ1) is 15.6. The predicted octanol–water partition coefficient (Wildman–Crippen LogP) is 5.16. The maximum atomic E-state index is 12.5. The van der Waals surface area contributed by atoms with Gasteiger partial charge in [0, 0.05) is 12.5 Å². The van der Waals surface area contributed by atoms with Crippen LogP contribution in [0, 0.1) is 6.92 Å². The lowest BCUT2D eigenvalue weighted by Crippen LogP contribution is -2.15.